The van der Waals surface area contributed by atoms with Gasteiger partial charge in [-0.05, 0) is 45.1 Å². The fraction of sp³-hybridized carbons (Fsp3) is 0.750. The highest BCUT2D eigenvalue weighted by Gasteiger charge is 2.19. The smallest absolute Gasteiger partial charge is 0.0952 e. The molecule has 15 heavy (non-hydrogen) atoms. The Morgan fingerprint density at radius 1 is 1.33 bits per heavy atom. The summed E-state index contributed by atoms with van der Waals surface area (Å²) in [4.78, 5) is 4.53. The van der Waals surface area contributed by atoms with Gasteiger partial charge in [-0.1, -0.05) is 0 Å². The molecule has 2 heterocycles. The molecule has 1 aliphatic carbocycles. The molecule has 1 atom stereocenters. The van der Waals surface area contributed by atoms with Gasteiger partial charge >= 0.3 is 0 Å². The van der Waals surface area contributed by atoms with Crippen molar-refractivity contribution in [1.82, 2.24) is 14.9 Å². The quantitative estimate of drug-likeness (QED) is 0.793. The van der Waals surface area contributed by atoms with Crippen molar-refractivity contribution in [3.63, 3.8) is 0 Å². The number of hydrogen-bond donors (Lipinski definition) is 1. The molecule has 1 aromatic heterocycles. The van der Waals surface area contributed by atoms with Crippen LogP contribution >= 0.6 is 0 Å². The number of aryl methyl sites for hydroxylation is 1. The predicted molar refractivity (Wildman–Crippen MR) is 59.9 cm³/mol. The molecule has 3 rings (SSSR count). The van der Waals surface area contributed by atoms with E-state index in [2.05, 4.69) is 21.2 Å². The first kappa shape index (κ1) is 9.40. The molecule has 1 fully saturated rings. The van der Waals surface area contributed by atoms with Crippen LogP contribution in [0.1, 0.15) is 37.1 Å². The fourth-order valence-electron chi connectivity index (χ4n) is 2.84. The van der Waals surface area contributed by atoms with Gasteiger partial charge in [-0.25, -0.2) is 4.98 Å². The first-order valence-corrected chi connectivity index (χ1v) is 6.20. The highest BCUT2D eigenvalue weighted by Crippen LogP contribution is 2.20. The van der Waals surface area contributed by atoms with E-state index in [0.29, 0.717) is 6.04 Å². The summed E-state index contributed by atoms with van der Waals surface area (Å²) in [5.74, 6) is 0. The predicted octanol–water partition coefficient (Wildman–Crippen LogP) is 1.51. The Morgan fingerprint density at radius 2 is 2.27 bits per heavy atom. The van der Waals surface area contributed by atoms with E-state index in [1.54, 1.807) is 0 Å². The van der Waals surface area contributed by atoms with Gasteiger partial charge in [0, 0.05) is 18.3 Å². The van der Waals surface area contributed by atoms with Crippen molar-refractivity contribution in [2.45, 2.75) is 51.1 Å². The van der Waals surface area contributed by atoms with E-state index in [4.69, 9.17) is 0 Å². The lowest BCUT2D eigenvalue weighted by Gasteiger charge is -2.17. The second-order valence-electron chi connectivity index (χ2n) is 4.79. The molecule has 82 valence electrons. The maximum atomic E-state index is 4.53. The van der Waals surface area contributed by atoms with Gasteiger partial charge in [-0.15, -0.1) is 0 Å². The second-order valence-corrected chi connectivity index (χ2v) is 4.79. The van der Waals surface area contributed by atoms with Gasteiger partial charge in [0.05, 0.1) is 12.0 Å². The van der Waals surface area contributed by atoms with Crippen LogP contribution in [0.5, 0.6) is 0 Å². The molecule has 0 aromatic carbocycles. The monoisotopic (exact) mass is 205 g/mol. The molecular formula is C12H19N3. The molecule has 1 N–H and O–H groups in total. The van der Waals surface area contributed by atoms with Crippen molar-refractivity contribution in [2.75, 3.05) is 6.54 Å². The van der Waals surface area contributed by atoms with Crippen LogP contribution in [0, 0.1) is 0 Å². The SMILES string of the molecule is c1nc2c(n1C[C@@H]1CCCN1)CCCC2. The number of fused-ring (bicyclic) bond motifs is 1. The van der Waals surface area contributed by atoms with E-state index >= 15 is 0 Å². The molecule has 1 aliphatic heterocycles. The number of nitrogens with zero attached hydrogens (tertiary/aromatic N) is 2. The van der Waals surface area contributed by atoms with E-state index in [0.717, 1.165) is 6.54 Å². The zero-order valence-electron chi connectivity index (χ0n) is 9.21. The van der Waals surface area contributed by atoms with E-state index in [1.165, 1.54) is 56.5 Å². The Balaban J connectivity index is 1.76. The van der Waals surface area contributed by atoms with Gasteiger partial charge in [0.25, 0.3) is 0 Å². The van der Waals surface area contributed by atoms with Gasteiger partial charge in [0.1, 0.15) is 0 Å². The Bertz CT molecular complexity index is 337. The van der Waals surface area contributed by atoms with Crippen molar-refractivity contribution in [3.05, 3.63) is 17.7 Å². The third-order valence-corrected chi connectivity index (χ3v) is 3.69. The topological polar surface area (TPSA) is 29.9 Å². The highest BCUT2D eigenvalue weighted by atomic mass is 15.1. The number of aromatic nitrogens is 2. The minimum absolute atomic E-state index is 0.685. The normalized spacial score (nSPS) is 25.5. The van der Waals surface area contributed by atoms with E-state index in [-0.39, 0.29) is 0 Å². The van der Waals surface area contributed by atoms with Gasteiger partial charge in [0.15, 0.2) is 0 Å². The lowest BCUT2D eigenvalue weighted by atomic mass is 10.0. The van der Waals surface area contributed by atoms with Crippen LogP contribution in [0.25, 0.3) is 0 Å². The third-order valence-electron chi connectivity index (χ3n) is 3.69. The average Bonchev–Trinajstić information content (AvgIpc) is 2.89. The van der Waals surface area contributed by atoms with Crippen molar-refractivity contribution in [2.24, 2.45) is 0 Å². The highest BCUT2D eigenvalue weighted by molar-refractivity contribution is 5.16. The molecule has 0 radical (unpaired) electrons. The van der Waals surface area contributed by atoms with Gasteiger partial charge in [-0.3, -0.25) is 0 Å². The molecule has 0 unspecified atom stereocenters. The lowest BCUT2D eigenvalue weighted by Crippen LogP contribution is -2.27. The fourth-order valence-corrected chi connectivity index (χ4v) is 2.84. The summed E-state index contributed by atoms with van der Waals surface area (Å²) in [6.45, 7) is 2.32. The molecular weight excluding hydrogens is 186 g/mol. The minimum atomic E-state index is 0.685. The Kier molecular flexibility index (Phi) is 2.49. The molecule has 2 aliphatic rings. The maximum Gasteiger partial charge on any atom is 0.0952 e. The van der Waals surface area contributed by atoms with Crippen molar-refractivity contribution in [3.8, 4) is 0 Å². The molecule has 1 aromatic rings. The molecule has 1 saturated heterocycles. The van der Waals surface area contributed by atoms with Crippen molar-refractivity contribution < 1.29 is 0 Å². The summed E-state index contributed by atoms with van der Waals surface area (Å²) < 4.78 is 2.39. The van der Waals surface area contributed by atoms with Crippen molar-refractivity contribution in [1.29, 1.82) is 0 Å². The Morgan fingerprint density at radius 3 is 3.13 bits per heavy atom. The van der Waals surface area contributed by atoms with Crippen LogP contribution in [-0.4, -0.2) is 22.1 Å². The molecule has 0 saturated carbocycles. The van der Waals surface area contributed by atoms with Crippen LogP contribution in [0.3, 0.4) is 0 Å². The maximum absolute atomic E-state index is 4.53. The summed E-state index contributed by atoms with van der Waals surface area (Å²) in [6.07, 6.45) is 9.81. The van der Waals surface area contributed by atoms with Gasteiger partial charge < -0.3 is 9.88 Å². The number of rotatable bonds is 2. The molecule has 0 amide bonds. The van der Waals surface area contributed by atoms with Crippen LogP contribution < -0.4 is 5.32 Å². The van der Waals surface area contributed by atoms with Crippen LogP contribution in [0.15, 0.2) is 6.33 Å². The first-order valence-electron chi connectivity index (χ1n) is 6.20. The minimum Gasteiger partial charge on any atom is -0.333 e. The third kappa shape index (κ3) is 1.81. The Labute approximate surface area is 90.9 Å². The summed E-state index contributed by atoms with van der Waals surface area (Å²) >= 11 is 0. The van der Waals surface area contributed by atoms with Gasteiger partial charge in [0.2, 0.25) is 0 Å². The standard InChI is InChI=1S/C12H19N3/c1-2-6-12-11(5-1)14-9-15(12)8-10-4-3-7-13-10/h9-10,13H,1-8H2/t10-/m0/s1. The zero-order valence-corrected chi connectivity index (χ0v) is 9.21. The van der Waals surface area contributed by atoms with Crippen LogP contribution in [0.4, 0.5) is 0 Å². The van der Waals surface area contributed by atoms with E-state index in [1.807, 2.05) is 0 Å². The van der Waals surface area contributed by atoms with E-state index in [9.17, 15) is 0 Å². The summed E-state index contributed by atoms with van der Waals surface area (Å²) in [5, 5.41) is 3.55. The Hall–Kier alpha value is -0.830. The summed E-state index contributed by atoms with van der Waals surface area (Å²) in [5.41, 5.74) is 2.87. The number of nitrogens with one attached hydrogen (secondary N) is 1. The molecule has 0 spiro atoms. The number of hydrogen-bond acceptors (Lipinski definition) is 2. The number of imidazole rings is 1. The summed E-state index contributed by atoms with van der Waals surface area (Å²) in [7, 11) is 0. The van der Waals surface area contributed by atoms with E-state index < -0.39 is 0 Å². The lowest BCUT2D eigenvalue weighted by molar-refractivity contribution is 0.490. The summed E-state index contributed by atoms with van der Waals surface area (Å²) in [6, 6.07) is 0.685. The first-order chi connectivity index (χ1) is 7.43. The largest absolute Gasteiger partial charge is 0.333 e. The van der Waals surface area contributed by atoms with Gasteiger partial charge in [-0.2, -0.15) is 0 Å². The van der Waals surface area contributed by atoms with Crippen molar-refractivity contribution >= 4 is 0 Å². The van der Waals surface area contributed by atoms with Crippen LogP contribution in [-0.2, 0) is 19.4 Å². The zero-order chi connectivity index (χ0) is 10.1. The molecule has 0 bridgehead atoms. The van der Waals surface area contributed by atoms with Crippen LogP contribution in [0.2, 0.25) is 0 Å². The molecule has 3 nitrogen and oxygen atoms in total. The second kappa shape index (κ2) is 3.97. The molecule has 3 heteroatoms. The average molecular weight is 205 g/mol.